The third-order valence-corrected chi connectivity index (χ3v) is 7.15. The molecule has 1 saturated heterocycles. The molecule has 1 aliphatic rings. The lowest BCUT2D eigenvalue weighted by Gasteiger charge is -2.35. The van der Waals surface area contributed by atoms with Gasteiger partial charge in [-0.3, -0.25) is 0 Å². The van der Waals surface area contributed by atoms with E-state index < -0.39 is 10.0 Å². The van der Waals surface area contributed by atoms with Gasteiger partial charge >= 0.3 is 0 Å². The predicted octanol–water partition coefficient (Wildman–Crippen LogP) is 4.24. The first-order valence-corrected chi connectivity index (χ1v) is 11.4. The summed E-state index contributed by atoms with van der Waals surface area (Å²) in [5, 5.41) is 0. The molecule has 146 valence electrons. The lowest BCUT2D eigenvalue weighted by molar-refractivity contribution is 0.385. The number of aryl methyl sites for hydroxylation is 2. The maximum atomic E-state index is 13.0. The normalized spacial score (nSPS) is 15.9. The molecule has 0 atom stereocenters. The maximum absolute atomic E-state index is 13.0. The highest BCUT2D eigenvalue weighted by Crippen LogP contribution is 2.22. The lowest BCUT2D eigenvalue weighted by Crippen LogP contribution is -2.48. The van der Waals surface area contributed by atoms with Gasteiger partial charge in [0, 0.05) is 31.9 Å². The number of piperazine rings is 1. The summed E-state index contributed by atoms with van der Waals surface area (Å²) in [5.74, 6) is 0. The van der Waals surface area contributed by atoms with Crippen LogP contribution in [0, 0.1) is 6.92 Å². The number of anilines is 1. The standard InChI is InChI=1S/C22H30N2O2S/c1-3-4-5-8-20-10-12-22(13-11-20)27(25,26)24-16-14-23(15-17-24)21-9-6-7-19(2)18-21/h6-7,9-13,18H,3-5,8,14-17H2,1-2H3. The molecule has 27 heavy (non-hydrogen) atoms. The van der Waals surface area contributed by atoms with Crippen LogP contribution in [0.25, 0.3) is 0 Å². The molecule has 0 bridgehead atoms. The summed E-state index contributed by atoms with van der Waals surface area (Å²) in [6.45, 7) is 6.75. The van der Waals surface area contributed by atoms with Gasteiger partial charge in [-0.1, -0.05) is 44.0 Å². The van der Waals surface area contributed by atoms with Gasteiger partial charge < -0.3 is 4.90 Å². The minimum absolute atomic E-state index is 0.408. The maximum Gasteiger partial charge on any atom is 0.243 e. The van der Waals surface area contributed by atoms with Gasteiger partial charge in [0.15, 0.2) is 0 Å². The van der Waals surface area contributed by atoms with Crippen LogP contribution in [0.3, 0.4) is 0 Å². The molecule has 2 aromatic carbocycles. The zero-order valence-corrected chi connectivity index (χ0v) is 17.2. The first kappa shape index (κ1) is 19.9. The molecule has 0 N–H and O–H groups in total. The summed E-state index contributed by atoms with van der Waals surface area (Å²) in [7, 11) is -3.41. The van der Waals surface area contributed by atoms with Crippen molar-refractivity contribution in [3.63, 3.8) is 0 Å². The van der Waals surface area contributed by atoms with Crippen LogP contribution in [0.4, 0.5) is 5.69 Å². The molecule has 1 aliphatic heterocycles. The Kier molecular flexibility index (Phi) is 6.55. The first-order valence-electron chi connectivity index (χ1n) is 9.91. The molecule has 0 radical (unpaired) electrons. The molecule has 2 aromatic rings. The third kappa shape index (κ3) is 4.90. The van der Waals surface area contributed by atoms with Crippen LogP contribution in [-0.4, -0.2) is 38.9 Å². The Morgan fingerprint density at radius 3 is 2.26 bits per heavy atom. The monoisotopic (exact) mass is 386 g/mol. The zero-order valence-electron chi connectivity index (χ0n) is 16.4. The molecule has 0 spiro atoms. The Balaban J connectivity index is 1.62. The van der Waals surface area contributed by atoms with Gasteiger partial charge in [-0.25, -0.2) is 8.42 Å². The Morgan fingerprint density at radius 1 is 0.926 bits per heavy atom. The van der Waals surface area contributed by atoms with Crippen molar-refractivity contribution in [2.45, 2.75) is 44.4 Å². The van der Waals surface area contributed by atoms with E-state index in [1.165, 1.54) is 29.7 Å². The fourth-order valence-corrected chi connectivity index (χ4v) is 4.99. The summed E-state index contributed by atoms with van der Waals surface area (Å²) >= 11 is 0. The van der Waals surface area contributed by atoms with E-state index >= 15 is 0 Å². The Morgan fingerprint density at radius 2 is 1.63 bits per heavy atom. The van der Waals surface area contributed by atoms with E-state index in [2.05, 4.69) is 43.0 Å². The molecule has 0 aliphatic carbocycles. The average molecular weight is 387 g/mol. The van der Waals surface area contributed by atoms with Crippen LogP contribution in [0.1, 0.15) is 37.3 Å². The molecule has 0 amide bonds. The highest BCUT2D eigenvalue weighted by molar-refractivity contribution is 7.89. The fourth-order valence-electron chi connectivity index (χ4n) is 3.57. The smallest absolute Gasteiger partial charge is 0.243 e. The van der Waals surface area contributed by atoms with Gasteiger partial charge in [0.05, 0.1) is 4.90 Å². The number of sulfonamides is 1. The van der Waals surface area contributed by atoms with E-state index in [0.717, 1.165) is 25.9 Å². The molecular weight excluding hydrogens is 356 g/mol. The highest BCUT2D eigenvalue weighted by atomic mass is 32.2. The molecular formula is C22H30N2O2S. The first-order chi connectivity index (χ1) is 13.0. The van der Waals surface area contributed by atoms with Crippen LogP contribution in [0.5, 0.6) is 0 Å². The Hall–Kier alpha value is -1.85. The number of hydrogen-bond donors (Lipinski definition) is 0. The van der Waals surface area contributed by atoms with Gasteiger partial charge in [-0.15, -0.1) is 0 Å². The minimum Gasteiger partial charge on any atom is -0.369 e. The van der Waals surface area contributed by atoms with Crippen molar-refractivity contribution in [2.75, 3.05) is 31.1 Å². The zero-order chi connectivity index (χ0) is 19.3. The minimum atomic E-state index is -3.41. The second-order valence-corrected chi connectivity index (χ2v) is 9.27. The SMILES string of the molecule is CCCCCc1ccc(S(=O)(=O)N2CCN(c3cccc(C)c3)CC2)cc1. The largest absolute Gasteiger partial charge is 0.369 e. The Bertz CT molecular complexity index is 839. The number of nitrogens with zero attached hydrogens (tertiary/aromatic N) is 2. The topological polar surface area (TPSA) is 40.6 Å². The molecule has 3 rings (SSSR count). The lowest BCUT2D eigenvalue weighted by atomic mass is 10.1. The van der Waals surface area contributed by atoms with Gasteiger partial charge in [0.25, 0.3) is 0 Å². The van der Waals surface area contributed by atoms with Crippen LogP contribution < -0.4 is 4.90 Å². The van der Waals surface area contributed by atoms with E-state index in [0.29, 0.717) is 18.0 Å². The fraction of sp³-hybridized carbons (Fsp3) is 0.455. The van der Waals surface area contributed by atoms with Crippen molar-refractivity contribution >= 4 is 15.7 Å². The summed E-state index contributed by atoms with van der Waals surface area (Å²) in [4.78, 5) is 2.67. The molecule has 0 unspecified atom stereocenters. The van der Waals surface area contributed by atoms with E-state index in [1.54, 1.807) is 16.4 Å². The van der Waals surface area contributed by atoms with E-state index in [1.807, 2.05) is 12.1 Å². The van der Waals surface area contributed by atoms with Gasteiger partial charge in [-0.2, -0.15) is 4.31 Å². The van der Waals surface area contributed by atoms with E-state index in [-0.39, 0.29) is 0 Å². The quantitative estimate of drug-likeness (QED) is 0.668. The van der Waals surface area contributed by atoms with Gasteiger partial charge in [0.2, 0.25) is 10.0 Å². The van der Waals surface area contributed by atoms with Crippen LogP contribution in [0.2, 0.25) is 0 Å². The molecule has 0 saturated carbocycles. The van der Waals surface area contributed by atoms with Gasteiger partial charge in [-0.05, 0) is 55.2 Å². The summed E-state index contributed by atoms with van der Waals surface area (Å²) in [5.41, 5.74) is 3.61. The van der Waals surface area contributed by atoms with E-state index in [4.69, 9.17) is 0 Å². The third-order valence-electron chi connectivity index (χ3n) is 5.24. The Labute approximate surface area is 163 Å². The van der Waals surface area contributed by atoms with Crippen molar-refractivity contribution in [3.05, 3.63) is 59.7 Å². The van der Waals surface area contributed by atoms with Crippen LogP contribution in [0.15, 0.2) is 53.4 Å². The number of rotatable bonds is 7. The summed E-state index contributed by atoms with van der Waals surface area (Å²) < 4.78 is 27.5. The number of unbranched alkanes of at least 4 members (excludes halogenated alkanes) is 2. The molecule has 0 aromatic heterocycles. The van der Waals surface area contributed by atoms with Crippen molar-refractivity contribution in [1.29, 1.82) is 0 Å². The van der Waals surface area contributed by atoms with Crippen molar-refractivity contribution in [2.24, 2.45) is 0 Å². The van der Waals surface area contributed by atoms with Gasteiger partial charge in [0.1, 0.15) is 0 Å². The number of hydrogen-bond acceptors (Lipinski definition) is 3. The van der Waals surface area contributed by atoms with Crippen LogP contribution >= 0.6 is 0 Å². The molecule has 1 fully saturated rings. The molecule has 4 nitrogen and oxygen atoms in total. The predicted molar refractivity (Wildman–Crippen MR) is 112 cm³/mol. The van der Waals surface area contributed by atoms with Crippen molar-refractivity contribution in [3.8, 4) is 0 Å². The number of benzene rings is 2. The van der Waals surface area contributed by atoms with E-state index in [9.17, 15) is 8.42 Å². The molecule has 1 heterocycles. The summed E-state index contributed by atoms with van der Waals surface area (Å²) in [6.07, 6.45) is 4.58. The average Bonchev–Trinajstić information content (AvgIpc) is 2.69. The second-order valence-electron chi connectivity index (χ2n) is 7.33. The van der Waals surface area contributed by atoms with Crippen molar-refractivity contribution < 1.29 is 8.42 Å². The van der Waals surface area contributed by atoms with Crippen molar-refractivity contribution in [1.82, 2.24) is 4.31 Å². The summed E-state index contributed by atoms with van der Waals surface area (Å²) in [6, 6.07) is 15.8. The second kappa shape index (κ2) is 8.89. The highest BCUT2D eigenvalue weighted by Gasteiger charge is 2.28. The molecule has 5 heteroatoms. The van der Waals surface area contributed by atoms with Crippen LogP contribution in [-0.2, 0) is 16.4 Å².